The fourth-order valence-corrected chi connectivity index (χ4v) is 5.32. The van der Waals surface area contributed by atoms with Gasteiger partial charge < -0.3 is 14.7 Å². The standard InChI is InChI=1S/C29H36N2O3/c1-22-21-30-27-13-12-24(34-2)20-26(27)25(22)11-6-14-29(28(32)33)15-18-31(19-16-29)17-7-10-23-8-4-3-5-9-23/h3-5,8-9,12-13,20-21H,6-7,10-11,14-19H2,1-2H3,(H,32,33). The van der Waals surface area contributed by atoms with Crippen molar-refractivity contribution in [2.24, 2.45) is 5.41 Å². The van der Waals surface area contributed by atoms with E-state index >= 15 is 0 Å². The Kier molecular flexibility index (Phi) is 7.84. The Morgan fingerprint density at radius 1 is 1.09 bits per heavy atom. The number of carboxylic acids is 1. The molecular weight excluding hydrogens is 424 g/mol. The van der Waals surface area contributed by atoms with Gasteiger partial charge in [0, 0.05) is 11.6 Å². The van der Waals surface area contributed by atoms with E-state index in [-0.39, 0.29) is 0 Å². The van der Waals surface area contributed by atoms with Gasteiger partial charge in [-0.3, -0.25) is 9.78 Å². The fraction of sp³-hybridized carbons (Fsp3) is 0.448. The van der Waals surface area contributed by atoms with E-state index in [1.165, 1.54) is 11.1 Å². The van der Waals surface area contributed by atoms with Gasteiger partial charge in [-0.25, -0.2) is 0 Å². The maximum Gasteiger partial charge on any atom is 0.309 e. The molecule has 5 heteroatoms. The zero-order chi connectivity index (χ0) is 24.0. The maximum atomic E-state index is 12.3. The molecule has 180 valence electrons. The molecule has 4 rings (SSSR count). The van der Waals surface area contributed by atoms with Crippen molar-refractivity contribution < 1.29 is 14.6 Å². The van der Waals surface area contributed by atoms with Gasteiger partial charge in [0.25, 0.3) is 0 Å². The summed E-state index contributed by atoms with van der Waals surface area (Å²) in [5.74, 6) is 0.192. The lowest BCUT2D eigenvalue weighted by molar-refractivity contribution is -0.152. The molecule has 5 nitrogen and oxygen atoms in total. The van der Waals surface area contributed by atoms with E-state index in [0.29, 0.717) is 6.42 Å². The van der Waals surface area contributed by atoms with Gasteiger partial charge in [0.2, 0.25) is 0 Å². The number of ether oxygens (including phenoxy) is 1. The number of benzene rings is 2. The normalized spacial score (nSPS) is 15.9. The van der Waals surface area contributed by atoms with Gasteiger partial charge in [0.05, 0.1) is 18.0 Å². The summed E-state index contributed by atoms with van der Waals surface area (Å²) in [6.45, 7) is 4.86. The average molecular weight is 461 g/mol. The highest BCUT2D eigenvalue weighted by molar-refractivity contribution is 5.84. The summed E-state index contributed by atoms with van der Waals surface area (Å²) in [5.41, 5.74) is 4.12. The quantitative estimate of drug-likeness (QED) is 0.422. The average Bonchev–Trinajstić information content (AvgIpc) is 2.86. The summed E-state index contributed by atoms with van der Waals surface area (Å²) < 4.78 is 5.42. The van der Waals surface area contributed by atoms with Crippen LogP contribution < -0.4 is 4.74 Å². The molecule has 1 N–H and O–H groups in total. The van der Waals surface area contributed by atoms with Crippen LogP contribution in [0.5, 0.6) is 5.75 Å². The minimum Gasteiger partial charge on any atom is -0.497 e. The van der Waals surface area contributed by atoms with Gasteiger partial charge in [-0.15, -0.1) is 0 Å². The van der Waals surface area contributed by atoms with Crippen LogP contribution >= 0.6 is 0 Å². The first-order chi connectivity index (χ1) is 16.5. The van der Waals surface area contributed by atoms with Crippen molar-refractivity contribution in [3.05, 3.63) is 71.4 Å². The van der Waals surface area contributed by atoms with Crippen molar-refractivity contribution in [3.8, 4) is 5.75 Å². The molecule has 1 aliphatic heterocycles. The number of fused-ring (bicyclic) bond motifs is 1. The third kappa shape index (κ3) is 5.58. The number of hydrogen-bond acceptors (Lipinski definition) is 4. The summed E-state index contributed by atoms with van der Waals surface area (Å²) in [6, 6.07) is 16.5. The first kappa shape index (κ1) is 24.2. The molecule has 2 aromatic carbocycles. The van der Waals surface area contributed by atoms with E-state index < -0.39 is 11.4 Å². The molecule has 0 aliphatic carbocycles. The van der Waals surface area contributed by atoms with E-state index in [0.717, 1.165) is 80.4 Å². The molecule has 0 radical (unpaired) electrons. The topological polar surface area (TPSA) is 62.7 Å². The predicted molar refractivity (Wildman–Crippen MR) is 136 cm³/mol. The zero-order valence-corrected chi connectivity index (χ0v) is 20.4. The molecule has 0 atom stereocenters. The molecule has 1 aliphatic rings. The molecule has 0 spiro atoms. The lowest BCUT2D eigenvalue weighted by Gasteiger charge is -2.39. The Morgan fingerprint density at radius 2 is 1.85 bits per heavy atom. The summed E-state index contributed by atoms with van der Waals surface area (Å²) >= 11 is 0. The van der Waals surface area contributed by atoms with Crippen molar-refractivity contribution in [1.82, 2.24) is 9.88 Å². The van der Waals surface area contributed by atoms with Gasteiger partial charge in [-0.2, -0.15) is 0 Å². The van der Waals surface area contributed by atoms with Crippen LogP contribution in [0.25, 0.3) is 10.9 Å². The van der Waals surface area contributed by atoms with E-state index in [9.17, 15) is 9.90 Å². The summed E-state index contributed by atoms with van der Waals surface area (Å²) in [6.07, 6.45) is 8.01. The highest BCUT2D eigenvalue weighted by Gasteiger charge is 2.40. The van der Waals surface area contributed by atoms with Gasteiger partial charge >= 0.3 is 5.97 Å². The van der Waals surface area contributed by atoms with E-state index in [4.69, 9.17) is 4.74 Å². The second-order valence-electron chi connectivity index (χ2n) is 9.67. The molecule has 0 amide bonds. The second kappa shape index (κ2) is 11.0. The number of carboxylic acid groups (broad SMARTS) is 1. The maximum absolute atomic E-state index is 12.3. The molecule has 1 fully saturated rings. The zero-order valence-electron chi connectivity index (χ0n) is 20.4. The number of piperidine rings is 1. The van der Waals surface area contributed by atoms with Crippen LogP contribution in [0, 0.1) is 12.3 Å². The lowest BCUT2D eigenvalue weighted by atomic mass is 9.74. The van der Waals surface area contributed by atoms with Crippen LogP contribution in [0.15, 0.2) is 54.7 Å². The Morgan fingerprint density at radius 3 is 2.56 bits per heavy atom. The van der Waals surface area contributed by atoms with Crippen molar-refractivity contribution >= 4 is 16.9 Å². The largest absolute Gasteiger partial charge is 0.497 e. The SMILES string of the molecule is COc1ccc2ncc(C)c(CCCC3(C(=O)O)CCN(CCCc4ccccc4)CC3)c2c1. The molecule has 1 saturated heterocycles. The number of rotatable bonds is 10. The minimum atomic E-state index is -0.630. The van der Waals surface area contributed by atoms with Crippen LogP contribution in [0.2, 0.25) is 0 Å². The number of aromatic nitrogens is 1. The van der Waals surface area contributed by atoms with Crippen molar-refractivity contribution in [1.29, 1.82) is 0 Å². The van der Waals surface area contributed by atoms with Gasteiger partial charge in [-0.1, -0.05) is 30.3 Å². The van der Waals surface area contributed by atoms with Crippen LogP contribution in [0.3, 0.4) is 0 Å². The van der Waals surface area contributed by atoms with Crippen LogP contribution in [0.1, 0.15) is 48.8 Å². The first-order valence-corrected chi connectivity index (χ1v) is 12.4. The van der Waals surface area contributed by atoms with Gasteiger partial charge in [0.1, 0.15) is 5.75 Å². The minimum absolute atomic E-state index is 0.607. The highest BCUT2D eigenvalue weighted by atomic mass is 16.5. The predicted octanol–water partition coefficient (Wildman–Crippen LogP) is 5.67. The Bertz CT molecular complexity index is 1110. The van der Waals surface area contributed by atoms with Crippen molar-refractivity contribution in [3.63, 3.8) is 0 Å². The van der Waals surface area contributed by atoms with Crippen molar-refractivity contribution in [2.75, 3.05) is 26.7 Å². The Hall–Kier alpha value is -2.92. The van der Waals surface area contributed by atoms with E-state index in [2.05, 4.69) is 47.1 Å². The Labute approximate surface area is 202 Å². The van der Waals surface area contributed by atoms with E-state index in [1.54, 1.807) is 7.11 Å². The van der Waals surface area contributed by atoms with Crippen LogP contribution in [-0.2, 0) is 17.6 Å². The molecule has 3 aromatic rings. The first-order valence-electron chi connectivity index (χ1n) is 12.4. The summed E-state index contributed by atoms with van der Waals surface area (Å²) in [4.78, 5) is 19.3. The lowest BCUT2D eigenvalue weighted by Crippen LogP contribution is -2.44. The third-order valence-corrected chi connectivity index (χ3v) is 7.53. The molecule has 1 aromatic heterocycles. The number of hydrogen-bond donors (Lipinski definition) is 1. The summed E-state index contributed by atoms with van der Waals surface area (Å²) in [5, 5.41) is 11.3. The van der Waals surface area contributed by atoms with E-state index in [1.807, 2.05) is 24.4 Å². The van der Waals surface area contributed by atoms with Crippen molar-refractivity contribution in [2.45, 2.75) is 51.9 Å². The molecule has 2 heterocycles. The highest BCUT2D eigenvalue weighted by Crippen LogP contribution is 2.38. The number of pyridine rings is 1. The van der Waals surface area contributed by atoms with Crippen LogP contribution in [-0.4, -0.2) is 47.7 Å². The number of carbonyl (C=O) groups is 1. The smallest absolute Gasteiger partial charge is 0.309 e. The molecular formula is C29H36N2O3. The van der Waals surface area contributed by atoms with Gasteiger partial charge in [0.15, 0.2) is 0 Å². The molecule has 34 heavy (non-hydrogen) atoms. The molecule has 0 saturated carbocycles. The summed E-state index contributed by atoms with van der Waals surface area (Å²) in [7, 11) is 1.68. The van der Waals surface area contributed by atoms with Gasteiger partial charge in [-0.05, 0) is 106 Å². The number of methoxy groups -OCH3 is 1. The number of aliphatic carboxylic acids is 1. The van der Waals surface area contributed by atoms with Crippen LogP contribution in [0.4, 0.5) is 0 Å². The number of likely N-dealkylation sites (tertiary alicyclic amines) is 1. The second-order valence-corrected chi connectivity index (χ2v) is 9.67. The number of nitrogens with zero attached hydrogens (tertiary/aromatic N) is 2. The molecule has 0 bridgehead atoms. The fourth-order valence-electron chi connectivity index (χ4n) is 5.32. The monoisotopic (exact) mass is 460 g/mol. The Balaban J connectivity index is 1.34. The number of aryl methyl sites for hydroxylation is 3. The third-order valence-electron chi connectivity index (χ3n) is 7.53. The molecule has 0 unspecified atom stereocenters.